The van der Waals surface area contributed by atoms with Crippen molar-refractivity contribution in [3.63, 3.8) is 0 Å². The highest BCUT2D eigenvalue weighted by Crippen LogP contribution is 2.58. The zero-order valence-corrected chi connectivity index (χ0v) is 35.7. The van der Waals surface area contributed by atoms with E-state index in [2.05, 4.69) is 126 Å². The van der Waals surface area contributed by atoms with Crippen LogP contribution in [0.1, 0.15) is 61.1 Å². The second-order valence-electron chi connectivity index (χ2n) is 17.7. The molecule has 0 saturated heterocycles. The number of fused-ring (bicyclic) bond motifs is 6. The molecule has 62 heavy (non-hydrogen) atoms. The average molecular weight is 801 g/mol. The van der Waals surface area contributed by atoms with Crippen molar-refractivity contribution in [2.45, 2.75) is 52.4 Å². The van der Waals surface area contributed by atoms with Crippen LogP contribution in [0.2, 0.25) is 0 Å². The minimum atomic E-state index is -0.273. The fourth-order valence-corrected chi connectivity index (χ4v) is 9.75. The molecule has 11 rings (SSSR count). The van der Waals surface area contributed by atoms with Crippen LogP contribution in [-0.4, -0.2) is 29.9 Å². The van der Waals surface area contributed by atoms with Gasteiger partial charge in [0.15, 0.2) is 34.9 Å². The van der Waals surface area contributed by atoms with Crippen LogP contribution in [-0.2, 0) is 10.8 Å². The number of hydrogen-bond acceptors (Lipinski definition) is 6. The van der Waals surface area contributed by atoms with Crippen LogP contribution in [0.5, 0.6) is 0 Å². The molecule has 0 spiro atoms. The van der Waals surface area contributed by atoms with E-state index in [0.717, 1.165) is 33.4 Å². The molecule has 2 aromatic heterocycles. The summed E-state index contributed by atoms with van der Waals surface area (Å²) in [6.45, 7) is 13.9. The Morgan fingerprint density at radius 3 is 0.823 bits per heavy atom. The minimum absolute atomic E-state index is 0.273. The summed E-state index contributed by atoms with van der Waals surface area (Å²) in [4.78, 5) is 30.3. The van der Waals surface area contributed by atoms with Crippen molar-refractivity contribution in [1.29, 1.82) is 0 Å². The van der Waals surface area contributed by atoms with Crippen molar-refractivity contribution >= 4 is 0 Å². The molecule has 9 aromatic rings. The molecule has 0 atom stereocenters. The van der Waals surface area contributed by atoms with E-state index in [9.17, 15) is 0 Å². The summed E-state index contributed by atoms with van der Waals surface area (Å²) < 4.78 is 0. The molecule has 0 bridgehead atoms. The lowest BCUT2D eigenvalue weighted by Crippen LogP contribution is -2.17. The van der Waals surface area contributed by atoms with Gasteiger partial charge < -0.3 is 0 Å². The molecule has 6 nitrogen and oxygen atoms in total. The quantitative estimate of drug-likeness (QED) is 0.167. The Balaban J connectivity index is 1.02. The molecule has 7 aromatic carbocycles. The van der Waals surface area contributed by atoms with Gasteiger partial charge in [0, 0.05) is 44.2 Å². The summed E-state index contributed by atoms with van der Waals surface area (Å²) in [6.07, 6.45) is 0. The first-order valence-electron chi connectivity index (χ1n) is 21.3. The molecule has 0 unspecified atom stereocenters. The summed E-state index contributed by atoms with van der Waals surface area (Å²) in [5.74, 6) is 3.99. The number of aromatic nitrogens is 6. The van der Waals surface area contributed by atoms with E-state index in [-0.39, 0.29) is 10.8 Å². The van der Waals surface area contributed by atoms with E-state index in [0.29, 0.717) is 34.9 Å². The van der Waals surface area contributed by atoms with Gasteiger partial charge in [-0.3, -0.25) is 0 Å². The van der Waals surface area contributed by atoms with Crippen LogP contribution >= 0.6 is 0 Å². The van der Waals surface area contributed by atoms with Crippen LogP contribution < -0.4 is 0 Å². The van der Waals surface area contributed by atoms with Crippen molar-refractivity contribution in [3.05, 3.63) is 191 Å². The molecule has 0 aliphatic heterocycles. The predicted molar refractivity (Wildman–Crippen MR) is 250 cm³/mol. The molecule has 6 heteroatoms. The van der Waals surface area contributed by atoms with Crippen molar-refractivity contribution in [2.24, 2.45) is 0 Å². The SMILES string of the molecule is Cc1cc(-c2nc(-c3ccccc3)nc(-c3ccccc3)n2)cc2c1-c1cc3c(cc1C2(C)C)-c1c(C)cc(-c2nc(-c4ccccc4)nc(-c4ccccc4)n2)cc1C3(C)C. The smallest absolute Gasteiger partial charge is 0.164 e. The fourth-order valence-electron chi connectivity index (χ4n) is 9.75. The number of nitrogens with zero attached hydrogens (tertiary/aromatic N) is 6. The van der Waals surface area contributed by atoms with E-state index in [1.165, 1.54) is 55.6 Å². The van der Waals surface area contributed by atoms with E-state index in [4.69, 9.17) is 29.9 Å². The van der Waals surface area contributed by atoms with Crippen molar-refractivity contribution in [3.8, 4) is 90.6 Å². The zero-order chi connectivity index (χ0) is 42.3. The molecule has 0 amide bonds. The second-order valence-corrected chi connectivity index (χ2v) is 17.7. The lowest BCUT2D eigenvalue weighted by atomic mass is 9.79. The van der Waals surface area contributed by atoms with E-state index in [1.54, 1.807) is 0 Å². The van der Waals surface area contributed by atoms with Gasteiger partial charge in [0.2, 0.25) is 0 Å². The highest BCUT2D eigenvalue weighted by Gasteiger charge is 2.43. The Morgan fingerprint density at radius 1 is 0.290 bits per heavy atom. The maximum Gasteiger partial charge on any atom is 0.164 e. The number of benzene rings is 7. The maximum absolute atomic E-state index is 5.10. The third-order valence-corrected chi connectivity index (χ3v) is 13.0. The Kier molecular flexibility index (Phi) is 8.52. The van der Waals surface area contributed by atoms with Crippen LogP contribution in [0.4, 0.5) is 0 Å². The first kappa shape index (κ1) is 37.6. The molecule has 2 aliphatic rings. The molecule has 298 valence electrons. The Bertz CT molecular complexity index is 2900. The molecular formula is C56H44N6. The monoisotopic (exact) mass is 800 g/mol. The third kappa shape index (κ3) is 6.00. The summed E-state index contributed by atoms with van der Waals surface area (Å²) in [5, 5.41) is 0. The van der Waals surface area contributed by atoms with Gasteiger partial charge in [-0.15, -0.1) is 0 Å². The van der Waals surface area contributed by atoms with Gasteiger partial charge in [0.1, 0.15) is 0 Å². The first-order valence-corrected chi connectivity index (χ1v) is 21.3. The lowest BCUT2D eigenvalue weighted by Gasteiger charge is -2.24. The standard InChI is InChI=1S/C56H44N6/c1-33-27-39(53-59-49(35-19-11-7-12-20-35)57-50(60-53)36-21-13-8-14-22-36)29-45-47(33)41-31-44-42(32-43(41)55(45,3)4)48-34(2)28-40(30-46(48)56(44,5)6)54-61-51(37-23-15-9-16-24-37)58-52(62-54)38-25-17-10-18-26-38/h7-32H,1-6H3. The third-order valence-electron chi connectivity index (χ3n) is 13.0. The van der Waals surface area contributed by atoms with Crippen LogP contribution in [0.3, 0.4) is 0 Å². The minimum Gasteiger partial charge on any atom is -0.208 e. The summed E-state index contributed by atoms with van der Waals surface area (Å²) in [5.41, 5.74) is 18.1. The Hall–Kier alpha value is -7.44. The van der Waals surface area contributed by atoms with Gasteiger partial charge >= 0.3 is 0 Å². The molecule has 0 saturated carbocycles. The van der Waals surface area contributed by atoms with Crippen molar-refractivity contribution in [1.82, 2.24) is 29.9 Å². The second kappa shape index (κ2) is 14.1. The molecule has 0 radical (unpaired) electrons. The average Bonchev–Trinajstić information content (AvgIpc) is 3.68. The zero-order valence-electron chi connectivity index (χ0n) is 35.7. The normalized spacial score (nSPS) is 13.9. The molecule has 2 heterocycles. The Labute approximate surface area is 362 Å². The first-order chi connectivity index (χ1) is 30.0. The van der Waals surface area contributed by atoms with Gasteiger partial charge in [-0.1, -0.05) is 149 Å². The van der Waals surface area contributed by atoms with E-state index >= 15 is 0 Å². The van der Waals surface area contributed by atoms with Gasteiger partial charge in [-0.05, 0) is 106 Å². The van der Waals surface area contributed by atoms with Crippen molar-refractivity contribution in [2.75, 3.05) is 0 Å². The summed E-state index contributed by atoms with van der Waals surface area (Å²) in [7, 11) is 0. The van der Waals surface area contributed by atoms with Crippen LogP contribution in [0.25, 0.3) is 90.6 Å². The van der Waals surface area contributed by atoms with Gasteiger partial charge in [-0.2, -0.15) is 0 Å². The van der Waals surface area contributed by atoms with Crippen molar-refractivity contribution < 1.29 is 0 Å². The summed E-state index contributed by atoms with van der Waals surface area (Å²) >= 11 is 0. The summed E-state index contributed by atoms with van der Waals surface area (Å²) in [6, 6.07) is 54.8. The largest absolute Gasteiger partial charge is 0.208 e. The number of rotatable bonds is 6. The van der Waals surface area contributed by atoms with Gasteiger partial charge in [-0.25, -0.2) is 29.9 Å². The molecule has 0 N–H and O–H groups in total. The van der Waals surface area contributed by atoms with Gasteiger partial charge in [0.25, 0.3) is 0 Å². The lowest BCUT2D eigenvalue weighted by molar-refractivity contribution is 0.652. The number of aryl methyl sites for hydroxylation is 2. The van der Waals surface area contributed by atoms with E-state index in [1.807, 2.05) is 72.8 Å². The maximum atomic E-state index is 5.10. The van der Waals surface area contributed by atoms with E-state index < -0.39 is 0 Å². The molecule has 0 fully saturated rings. The topological polar surface area (TPSA) is 77.3 Å². The predicted octanol–water partition coefficient (Wildman–Crippen LogP) is 13.3. The van der Waals surface area contributed by atoms with Crippen LogP contribution in [0, 0.1) is 13.8 Å². The Morgan fingerprint density at radius 2 is 0.548 bits per heavy atom. The fraction of sp³-hybridized carbons (Fsp3) is 0.143. The van der Waals surface area contributed by atoms with Crippen LogP contribution in [0.15, 0.2) is 158 Å². The molecular weight excluding hydrogens is 757 g/mol. The highest BCUT2D eigenvalue weighted by atomic mass is 15.0. The molecule has 2 aliphatic carbocycles. The van der Waals surface area contributed by atoms with Gasteiger partial charge in [0.05, 0.1) is 0 Å². The number of hydrogen-bond donors (Lipinski definition) is 0. The highest BCUT2D eigenvalue weighted by molar-refractivity contribution is 5.93.